The van der Waals surface area contributed by atoms with Crippen molar-refractivity contribution in [2.75, 3.05) is 33.3 Å². The van der Waals surface area contributed by atoms with Gasteiger partial charge in [0.25, 0.3) is 0 Å². The van der Waals surface area contributed by atoms with Crippen LogP contribution >= 0.6 is 0 Å². The number of hydrogen-bond acceptors (Lipinski definition) is 5. The summed E-state index contributed by atoms with van der Waals surface area (Å²) in [6, 6.07) is 0. The standard InChI is InChI=1S/C13H28N4O/c1-5-8-17(4)11-13(16-14)10-15-7-6-9-18-12(2)3/h10,12H,5-9,11,14H2,1-4H3/b15-10?,16-13+. The summed E-state index contributed by atoms with van der Waals surface area (Å²) < 4.78 is 5.43. The minimum absolute atomic E-state index is 0.290. The first-order valence-corrected chi connectivity index (χ1v) is 6.66. The summed E-state index contributed by atoms with van der Waals surface area (Å²) in [4.78, 5) is 6.49. The third-order valence-corrected chi connectivity index (χ3v) is 2.33. The summed E-state index contributed by atoms with van der Waals surface area (Å²) in [6.07, 6.45) is 4.11. The van der Waals surface area contributed by atoms with Crippen molar-refractivity contribution in [3.8, 4) is 0 Å². The molecular weight excluding hydrogens is 228 g/mol. The van der Waals surface area contributed by atoms with Crippen molar-refractivity contribution in [2.45, 2.75) is 39.7 Å². The average molecular weight is 256 g/mol. The van der Waals surface area contributed by atoms with E-state index in [1.165, 1.54) is 0 Å². The molecule has 0 aromatic heterocycles. The Morgan fingerprint density at radius 1 is 1.44 bits per heavy atom. The molecule has 0 spiro atoms. The van der Waals surface area contributed by atoms with Gasteiger partial charge in [-0.3, -0.25) is 4.99 Å². The fraction of sp³-hybridized carbons (Fsp3) is 0.846. The molecule has 0 fully saturated rings. The molecule has 0 saturated carbocycles. The Balaban J connectivity index is 3.78. The van der Waals surface area contributed by atoms with Crippen molar-refractivity contribution in [2.24, 2.45) is 15.9 Å². The predicted octanol–water partition coefficient (Wildman–Crippen LogP) is 1.53. The largest absolute Gasteiger partial charge is 0.379 e. The van der Waals surface area contributed by atoms with Crippen molar-refractivity contribution >= 4 is 11.9 Å². The Hall–Kier alpha value is -0.940. The molecule has 0 aliphatic rings. The van der Waals surface area contributed by atoms with Gasteiger partial charge in [0.2, 0.25) is 0 Å². The molecule has 5 nitrogen and oxygen atoms in total. The SMILES string of the molecule is CCCN(C)C/C(C=NCCCOC(C)C)=N/N. The van der Waals surface area contributed by atoms with Crippen LogP contribution in [0.25, 0.3) is 0 Å². The Bertz CT molecular complexity index is 251. The van der Waals surface area contributed by atoms with Gasteiger partial charge in [-0.1, -0.05) is 6.92 Å². The maximum Gasteiger partial charge on any atom is 0.0918 e. The summed E-state index contributed by atoms with van der Waals surface area (Å²) in [5, 5.41) is 3.75. The van der Waals surface area contributed by atoms with Crippen LogP contribution in [0.2, 0.25) is 0 Å². The topological polar surface area (TPSA) is 63.2 Å². The zero-order valence-corrected chi connectivity index (χ0v) is 12.2. The molecule has 5 heteroatoms. The maximum atomic E-state index is 5.43. The highest BCUT2D eigenvalue weighted by atomic mass is 16.5. The molecule has 0 rings (SSSR count). The van der Waals surface area contributed by atoms with Crippen molar-refractivity contribution < 1.29 is 4.74 Å². The number of hydrazone groups is 1. The van der Waals surface area contributed by atoms with Gasteiger partial charge in [0, 0.05) is 25.9 Å². The number of nitrogens with two attached hydrogens (primary N) is 1. The Kier molecular flexibility index (Phi) is 10.6. The zero-order valence-electron chi connectivity index (χ0n) is 12.2. The third-order valence-electron chi connectivity index (χ3n) is 2.33. The van der Waals surface area contributed by atoms with Crippen LogP contribution in [0.5, 0.6) is 0 Å². The molecule has 0 aliphatic heterocycles. The minimum Gasteiger partial charge on any atom is -0.379 e. The highest BCUT2D eigenvalue weighted by Crippen LogP contribution is 1.91. The van der Waals surface area contributed by atoms with Gasteiger partial charge in [0.1, 0.15) is 0 Å². The van der Waals surface area contributed by atoms with Gasteiger partial charge >= 0.3 is 0 Å². The number of rotatable bonds is 10. The van der Waals surface area contributed by atoms with Crippen LogP contribution in [0.1, 0.15) is 33.6 Å². The molecule has 0 heterocycles. The molecular formula is C13H28N4O. The van der Waals surface area contributed by atoms with Crippen molar-refractivity contribution in [1.82, 2.24) is 4.90 Å². The van der Waals surface area contributed by atoms with Crippen molar-refractivity contribution in [3.05, 3.63) is 0 Å². The second-order valence-electron chi connectivity index (χ2n) is 4.67. The van der Waals surface area contributed by atoms with E-state index in [9.17, 15) is 0 Å². The number of hydrogen-bond donors (Lipinski definition) is 1. The zero-order chi connectivity index (χ0) is 13.8. The van der Waals surface area contributed by atoms with Gasteiger partial charge in [-0.05, 0) is 40.3 Å². The number of ether oxygens (including phenoxy) is 1. The summed E-state index contributed by atoms with van der Waals surface area (Å²) in [5.41, 5.74) is 0.815. The van der Waals surface area contributed by atoms with Gasteiger partial charge < -0.3 is 15.5 Å². The third kappa shape index (κ3) is 10.2. The fourth-order valence-electron chi connectivity index (χ4n) is 1.50. The molecule has 0 aliphatic carbocycles. The van der Waals surface area contributed by atoms with E-state index in [4.69, 9.17) is 10.6 Å². The molecule has 0 unspecified atom stereocenters. The van der Waals surface area contributed by atoms with E-state index in [0.29, 0.717) is 0 Å². The summed E-state index contributed by atoms with van der Waals surface area (Å²) in [5.74, 6) is 5.34. The van der Waals surface area contributed by atoms with Gasteiger partial charge in [0.15, 0.2) is 0 Å². The van der Waals surface area contributed by atoms with Crippen LogP contribution in [0.15, 0.2) is 10.1 Å². The minimum atomic E-state index is 0.290. The van der Waals surface area contributed by atoms with E-state index < -0.39 is 0 Å². The lowest BCUT2D eigenvalue weighted by Gasteiger charge is -2.14. The van der Waals surface area contributed by atoms with E-state index >= 15 is 0 Å². The Morgan fingerprint density at radius 2 is 2.17 bits per heavy atom. The van der Waals surface area contributed by atoms with E-state index in [0.717, 1.165) is 44.8 Å². The van der Waals surface area contributed by atoms with Crippen molar-refractivity contribution in [1.29, 1.82) is 0 Å². The van der Waals surface area contributed by atoms with E-state index in [1.54, 1.807) is 6.21 Å². The summed E-state index contributed by atoms with van der Waals surface area (Å²) >= 11 is 0. The first-order chi connectivity index (χ1) is 8.60. The van der Waals surface area contributed by atoms with Gasteiger partial charge in [0.05, 0.1) is 11.8 Å². The molecule has 0 aromatic rings. The lowest BCUT2D eigenvalue weighted by Crippen LogP contribution is -2.28. The quantitative estimate of drug-likeness (QED) is 0.279. The van der Waals surface area contributed by atoms with Crippen LogP contribution in [0, 0.1) is 0 Å². The molecule has 0 aromatic carbocycles. The smallest absolute Gasteiger partial charge is 0.0918 e. The first-order valence-electron chi connectivity index (χ1n) is 6.66. The molecule has 0 radical (unpaired) electrons. The molecule has 0 atom stereocenters. The normalized spacial score (nSPS) is 13.1. The van der Waals surface area contributed by atoms with E-state index in [1.807, 2.05) is 13.8 Å². The van der Waals surface area contributed by atoms with Crippen LogP contribution in [-0.2, 0) is 4.74 Å². The second-order valence-corrected chi connectivity index (χ2v) is 4.67. The van der Waals surface area contributed by atoms with E-state index in [2.05, 4.69) is 29.0 Å². The molecule has 0 amide bonds. The van der Waals surface area contributed by atoms with Gasteiger partial charge in [-0.25, -0.2) is 0 Å². The van der Waals surface area contributed by atoms with Crippen molar-refractivity contribution in [3.63, 3.8) is 0 Å². The molecule has 0 saturated heterocycles. The molecule has 18 heavy (non-hydrogen) atoms. The molecule has 0 bridgehead atoms. The van der Waals surface area contributed by atoms with Crippen LogP contribution < -0.4 is 5.84 Å². The molecule has 106 valence electrons. The lowest BCUT2D eigenvalue weighted by molar-refractivity contribution is 0.0783. The molecule has 2 N–H and O–H groups in total. The highest BCUT2D eigenvalue weighted by Gasteiger charge is 2.01. The predicted molar refractivity (Wildman–Crippen MR) is 78.5 cm³/mol. The van der Waals surface area contributed by atoms with Crippen LogP contribution in [0.3, 0.4) is 0 Å². The number of nitrogens with zero attached hydrogens (tertiary/aromatic N) is 3. The monoisotopic (exact) mass is 256 g/mol. The number of aliphatic imine (C=N–C) groups is 1. The Morgan fingerprint density at radius 3 is 2.72 bits per heavy atom. The fourth-order valence-corrected chi connectivity index (χ4v) is 1.50. The second kappa shape index (κ2) is 11.2. The van der Waals surface area contributed by atoms with Crippen LogP contribution in [-0.4, -0.2) is 56.2 Å². The maximum absolute atomic E-state index is 5.43. The van der Waals surface area contributed by atoms with Crippen LogP contribution in [0.4, 0.5) is 0 Å². The van der Waals surface area contributed by atoms with E-state index in [-0.39, 0.29) is 6.10 Å². The van der Waals surface area contributed by atoms with Gasteiger partial charge in [-0.2, -0.15) is 5.10 Å². The summed E-state index contributed by atoms with van der Waals surface area (Å²) in [7, 11) is 2.05. The summed E-state index contributed by atoms with van der Waals surface area (Å²) in [6.45, 7) is 9.51. The lowest BCUT2D eigenvalue weighted by atomic mass is 10.3. The van der Waals surface area contributed by atoms with Gasteiger partial charge in [-0.15, -0.1) is 0 Å². The Labute approximate surface area is 111 Å². The highest BCUT2D eigenvalue weighted by molar-refractivity contribution is 6.31. The average Bonchev–Trinajstić information content (AvgIpc) is 2.31. The first kappa shape index (κ1) is 17.1.